The van der Waals surface area contributed by atoms with Gasteiger partial charge in [-0.2, -0.15) is 13.2 Å². The van der Waals surface area contributed by atoms with Gasteiger partial charge in [-0.3, -0.25) is 9.20 Å². The van der Waals surface area contributed by atoms with Gasteiger partial charge in [0.15, 0.2) is 5.65 Å². The number of piperazine rings is 1. The number of anilines is 2. The Balaban J connectivity index is 1.45. The molecule has 5 rings (SSSR count). The van der Waals surface area contributed by atoms with Crippen molar-refractivity contribution in [2.24, 2.45) is 0 Å². The highest BCUT2D eigenvalue weighted by atomic mass is 35.5. The Bertz CT molecular complexity index is 1670. The van der Waals surface area contributed by atoms with Gasteiger partial charge in [-0.15, -0.1) is 10.2 Å². The fourth-order valence-corrected chi connectivity index (χ4v) is 4.53. The number of fused-ring (bicyclic) bond motifs is 1. The van der Waals surface area contributed by atoms with E-state index in [1.54, 1.807) is 12.1 Å². The minimum absolute atomic E-state index is 0.0635. The number of carbonyl (C=O) groups is 1. The molecule has 3 heterocycles. The second kappa shape index (κ2) is 11.3. The monoisotopic (exact) mass is 588 g/mol. The van der Waals surface area contributed by atoms with Gasteiger partial charge in [-0.1, -0.05) is 23.6 Å². The van der Waals surface area contributed by atoms with Crippen LogP contribution in [0.4, 0.5) is 33.3 Å². The zero-order valence-corrected chi connectivity index (χ0v) is 22.3. The standard InChI is InChI=1S/C28H22ClF5N6O/c1-38-8-10-39(11-9-38)22-14-19(28(32,33)34)13-21(15-22)35-27(41)18-2-5-23(26(30)31)17(12-18)3-6-24-36-37-25-7-4-20(29)16-40(24)25/h2,4-5,7,12-16,26H,8-11H2,1H3,(H,35,41). The van der Waals surface area contributed by atoms with Crippen molar-refractivity contribution >= 4 is 34.5 Å². The van der Waals surface area contributed by atoms with Gasteiger partial charge in [-0.25, -0.2) is 8.78 Å². The number of amides is 1. The van der Waals surface area contributed by atoms with Gasteiger partial charge in [0.05, 0.1) is 10.6 Å². The quantitative estimate of drug-likeness (QED) is 0.243. The molecule has 1 aliphatic rings. The Morgan fingerprint density at radius 2 is 1.76 bits per heavy atom. The van der Waals surface area contributed by atoms with Crippen molar-refractivity contribution in [2.45, 2.75) is 12.6 Å². The van der Waals surface area contributed by atoms with Crippen molar-refractivity contribution in [3.63, 3.8) is 0 Å². The van der Waals surface area contributed by atoms with Gasteiger partial charge in [-0.05, 0) is 55.4 Å². The van der Waals surface area contributed by atoms with Crippen LogP contribution >= 0.6 is 11.6 Å². The molecule has 1 aliphatic heterocycles. The zero-order valence-electron chi connectivity index (χ0n) is 21.5. The van der Waals surface area contributed by atoms with Crippen LogP contribution < -0.4 is 10.2 Å². The molecular formula is C28H22ClF5N6O. The van der Waals surface area contributed by atoms with Gasteiger partial charge in [0, 0.05) is 60.4 Å². The molecule has 13 heteroatoms. The molecule has 1 amide bonds. The minimum atomic E-state index is -4.64. The van der Waals surface area contributed by atoms with Gasteiger partial charge in [0.1, 0.15) is 0 Å². The van der Waals surface area contributed by atoms with E-state index in [4.69, 9.17) is 11.6 Å². The van der Waals surface area contributed by atoms with Crippen LogP contribution in [0.15, 0.2) is 54.7 Å². The van der Waals surface area contributed by atoms with Crippen molar-refractivity contribution in [3.05, 3.63) is 87.8 Å². The summed E-state index contributed by atoms with van der Waals surface area (Å²) in [5.74, 6) is 4.65. The number of benzene rings is 2. The molecule has 0 spiro atoms. The first-order chi connectivity index (χ1) is 19.5. The van der Waals surface area contributed by atoms with Crippen molar-refractivity contribution in [2.75, 3.05) is 43.4 Å². The maximum absolute atomic E-state index is 13.7. The SMILES string of the molecule is CN1CCN(c2cc(NC(=O)c3ccc(C(F)F)c(C#Cc4nnc5ccc(Cl)cn45)c3)cc(C(F)(F)F)c2)CC1. The fourth-order valence-electron chi connectivity index (χ4n) is 4.37. The van der Waals surface area contributed by atoms with E-state index in [1.807, 2.05) is 11.9 Å². The maximum atomic E-state index is 13.7. The number of aromatic nitrogens is 3. The number of halogens is 6. The number of hydrogen-bond acceptors (Lipinski definition) is 5. The summed E-state index contributed by atoms with van der Waals surface area (Å²) in [5.41, 5.74) is -0.848. The smallest absolute Gasteiger partial charge is 0.369 e. The van der Waals surface area contributed by atoms with Crippen LogP contribution in [0.1, 0.15) is 39.3 Å². The fraction of sp³-hybridized carbons (Fsp3) is 0.250. The van der Waals surface area contributed by atoms with Crippen LogP contribution in [0.5, 0.6) is 0 Å². The maximum Gasteiger partial charge on any atom is 0.416 e. The molecular weight excluding hydrogens is 567 g/mol. The predicted octanol–water partition coefficient (Wildman–Crippen LogP) is 5.74. The number of nitrogens with one attached hydrogen (secondary N) is 1. The number of rotatable bonds is 4. The third-order valence-corrected chi connectivity index (χ3v) is 6.82. The second-order valence-electron chi connectivity index (χ2n) is 9.46. The van der Waals surface area contributed by atoms with Crippen LogP contribution in [0.25, 0.3) is 5.65 Å². The van der Waals surface area contributed by atoms with Gasteiger partial charge < -0.3 is 15.1 Å². The van der Waals surface area contributed by atoms with E-state index in [2.05, 4.69) is 32.3 Å². The van der Waals surface area contributed by atoms with E-state index < -0.39 is 29.6 Å². The predicted molar refractivity (Wildman–Crippen MR) is 144 cm³/mol. The largest absolute Gasteiger partial charge is 0.416 e. The van der Waals surface area contributed by atoms with E-state index in [9.17, 15) is 26.7 Å². The Morgan fingerprint density at radius 1 is 1.00 bits per heavy atom. The highest BCUT2D eigenvalue weighted by molar-refractivity contribution is 6.30. The number of pyridine rings is 1. The molecule has 4 aromatic rings. The molecule has 2 aromatic carbocycles. The van der Waals surface area contributed by atoms with E-state index in [0.717, 1.165) is 24.3 Å². The molecule has 41 heavy (non-hydrogen) atoms. The zero-order chi connectivity index (χ0) is 29.3. The highest BCUT2D eigenvalue weighted by Gasteiger charge is 2.32. The van der Waals surface area contributed by atoms with Gasteiger partial charge in [0.25, 0.3) is 12.3 Å². The lowest BCUT2D eigenvalue weighted by Gasteiger charge is -2.34. The molecule has 1 saturated heterocycles. The van der Waals surface area contributed by atoms with Crippen LogP contribution in [0.2, 0.25) is 5.02 Å². The Morgan fingerprint density at radius 3 is 2.46 bits per heavy atom. The average molecular weight is 589 g/mol. The lowest BCUT2D eigenvalue weighted by Crippen LogP contribution is -2.44. The Kier molecular flexibility index (Phi) is 7.84. The first-order valence-electron chi connectivity index (χ1n) is 12.4. The van der Waals surface area contributed by atoms with E-state index in [0.29, 0.717) is 42.5 Å². The van der Waals surface area contributed by atoms with E-state index >= 15 is 0 Å². The first-order valence-corrected chi connectivity index (χ1v) is 12.8. The summed E-state index contributed by atoms with van der Waals surface area (Å²) in [4.78, 5) is 17.0. The summed E-state index contributed by atoms with van der Waals surface area (Å²) in [5, 5.41) is 10.7. The summed E-state index contributed by atoms with van der Waals surface area (Å²) in [7, 11) is 1.93. The lowest BCUT2D eigenvalue weighted by molar-refractivity contribution is -0.137. The molecule has 212 valence electrons. The summed E-state index contributed by atoms with van der Waals surface area (Å²) in [6.07, 6.45) is -6.01. The van der Waals surface area contributed by atoms with Gasteiger partial charge >= 0.3 is 6.18 Å². The lowest BCUT2D eigenvalue weighted by atomic mass is 10.0. The molecule has 1 N–H and O–H groups in total. The Labute approximate surface area is 236 Å². The van der Waals surface area contributed by atoms with E-state index in [1.165, 1.54) is 22.7 Å². The molecule has 0 aliphatic carbocycles. The molecule has 0 bridgehead atoms. The third-order valence-electron chi connectivity index (χ3n) is 6.60. The normalized spacial score (nSPS) is 14.3. The van der Waals surface area contributed by atoms with Gasteiger partial charge in [0.2, 0.25) is 5.82 Å². The number of nitrogens with zero attached hydrogens (tertiary/aromatic N) is 5. The second-order valence-corrected chi connectivity index (χ2v) is 9.90. The number of likely N-dealkylation sites (N-methyl/N-ethyl adjacent to an activating group) is 1. The van der Waals surface area contributed by atoms with E-state index in [-0.39, 0.29) is 22.6 Å². The van der Waals surface area contributed by atoms with Crippen molar-refractivity contribution < 1.29 is 26.7 Å². The summed E-state index contributed by atoms with van der Waals surface area (Å²) >= 11 is 6.01. The van der Waals surface area contributed by atoms with Crippen LogP contribution in [-0.4, -0.2) is 58.6 Å². The average Bonchev–Trinajstić information content (AvgIpc) is 3.33. The van der Waals surface area contributed by atoms with Crippen molar-refractivity contribution in [3.8, 4) is 11.8 Å². The number of carbonyl (C=O) groups excluding carboxylic acids is 1. The van der Waals surface area contributed by atoms with Crippen molar-refractivity contribution in [1.29, 1.82) is 0 Å². The molecule has 7 nitrogen and oxygen atoms in total. The Hall–Kier alpha value is -4.21. The third kappa shape index (κ3) is 6.42. The van der Waals surface area contributed by atoms with Crippen LogP contribution in [0, 0.1) is 11.8 Å². The minimum Gasteiger partial charge on any atom is -0.369 e. The molecule has 1 fully saturated rings. The first kappa shape index (κ1) is 28.3. The van der Waals surface area contributed by atoms with Crippen LogP contribution in [-0.2, 0) is 6.18 Å². The number of alkyl halides is 5. The molecule has 0 radical (unpaired) electrons. The molecule has 0 saturated carbocycles. The highest BCUT2D eigenvalue weighted by Crippen LogP contribution is 2.35. The van der Waals surface area contributed by atoms with Crippen molar-refractivity contribution in [1.82, 2.24) is 19.5 Å². The van der Waals surface area contributed by atoms with Crippen LogP contribution in [0.3, 0.4) is 0 Å². The molecule has 0 unspecified atom stereocenters. The summed E-state index contributed by atoms with van der Waals surface area (Å²) in [6, 6.07) is 9.97. The number of hydrogen-bond donors (Lipinski definition) is 1. The summed E-state index contributed by atoms with van der Waals surface area (Å²) < 4.78 is 70.0. The topological polar surface area (TPSA) is 65.8 Å². The molecule has 0 atom stereocenters. The summed E-state index contributed by atoms with van der Waals surface area (Å²) in [6.45, 7) is 2.40. The molecule has 2 aromatic heterocycles.